The van der Waals surface area contributed by atoms with Gasteiger partial charge in [-0.2, -0.15) is 0 Å². The number of hydrogen-bond donors (Lipinski definition) is 1. The van der Waals surface area contributed by atoms with Gasteiger partial charge in [0.15, 0.2) is 11.5 Å². The van der Waals surface area contributed by atoms with Gasteiger partial charge in [0.05, 0.1) is 19.0 Å². The smallest absolute Gasteiger partial charge is 0.231 e. The van der Waals surface area contributed by atoms with Crippen LogP contribution in [0.1, 0.15) is 12.5 Å². The Hall–Kier alpha value is -2.54. The van der Waals surface area contributed by atoms with E-state index in [1.165, 1.54) is 0 Å². The topological polar surface area (TPSA) is 66.0 Å². The maximum atomic E-state index is 11.9. The molecule has 1 aliphatic heterocycles. The predicted molar refractivity (Wildman–Crippen MR) is 105 cm³/mol. The zero-order valence-electron chi connectivity index (χ0n) is 15.2. The van der Waals surface area contributed by atoms with E-state index in [2.05, 4.69) is 5.32 Å². The lowest BCUT2D eigenvalue weighted by molar-refractivity contribution is -0.118. The first-order chi connectivity index (χ1) is 13.2. The average molecular weight is 389 g/mol. The van der Waals surface area contributed by atoms with Gasteiger partial charge in [-0.15, -0.1) is 11.8 Å². The minimum atomic E-state index is -0.00117. The molecule has 0 saturated carbocycles. The summed E-state index contributed by atoms with van der Waals surface area (Å²) in [7, 11) is 0. The number of amides is 1. The Balaban J connectivity index is 1.28. The Morgan fingerprint density at radius 1 is 1.07 bits per heavy atom. The Morgan fingerprint density at radius 2 is 1.81 bits per heavy atom. The molecule has 2 aromatic rings. The monoisotopic (exact) mass is 389 g/mol. The summed E-state index contributed by atoms with van der Waals surface area (Å²) in [6, 6.07) is 13.2. The highest BCUT2D eigenvalue weighted by molar-refractivity contribution is 7.99. The van der Waals surface area contributed by atoms with Crippen molar-refractivity contribution in [2.45, 2.75) is 13.5 Å². The molecule has 1 heterocycles. The molecule has 144 valence electrons. The van der Waals surface area contributed by atoms with Crippen molar-refractivity contribution in [1.82, 2.24) is 5.32 Å². The van der Waals surface area contributed by atoms with Gasteiger partial charge in [-0.1, -0.05) is 6.07 Å². The Kier molecular flexibility index (Phi) is 7.10. The SMILES string of the molecule is CCOc1ccc(OCCSCC(=O)NCc2ccc3c(c2)OCO3)cc1. The van der Waals surface area contributed by atoms with Gasteiger partial charge in [0.2, 0.25) is 12.7 Å². The zero-order valence-corrected chi connectivity index (χ0v) is 16.1. The molecule has 0 aliphatic carbocycles. The van der Waals surface area contributed by atoms with Crippen LogP contribution in [0.25, 0.3) is 0 Å². The second-order valence-corrected chi connectivity index (χ2v) is 6.87. The molecule has 2 aromatic carbocycles. The average Bonchev–Trinajstić information content (AvgIpc) is 3.15. The molecular formula is C20H23NO5S. The summed E-state index contributed by atoms with van der Waals surface area (Å²) in [6.07, 6.45) is 0. The lowest BCUT2D eigenvalue weighted by atomic mass is 10.2. The van der Waals surface area contributed by atoms with Crippen LogP contribution in [-0.2, 0) is 11.3 Å². The van der Waals surface area contributed by atoms with Crippen LogP contribution in [0.2, 0.25) is 0 Å². The maximum Gasteiger partial charge on any atom is 0.231 e. The second kappa shape index (κ2) is 9.97. The summed E-state index contributed by atoms with van der Waals surface area (Å²) in [4.78, 5) is 11.9. The van der Waals surface area contributed by atoms with Crippen molar-refractivity contribution in [3.63, 3.8) is 0 Å². The molecule has 3 rings (SSSR count). The van der Waals surface area contributed by atoms with Gasteiger partial charge in [-0.05, 0) is 48.9 Å². The van der Waals surface area contributed by atoms with Gasteiger partial charge < -0.3 is 24.3 Å². The molecule has 0 atom stereocenters. The van der Waals surface area contributed by atoms with Crippen molar-refractivity contribution in [3.8, 4) is 23.0 Å². The van der Waals surface area contributed by atoms with E-state index in [1.807, 2.05) is 49.4 Å². The second-order valence-electron chi connectivity index (χ2n) is 5.77. The highest BCUT2D eigenvalue weighted by Gasteiger charge is 2.13. The third-order valence-electron chi connectivity index (χ3n) is 3.79. The van der Waals surface area contributed by atoms with Gasteiger partial charge in [0.25, 0.3) is 0 Å². The number of carbonyl (C=O) groups excluding carboxylic acids is 1. The van der Waals surface area contributed by atoms with Gasteiger partial charge >= 0.3 is 0 Å². The van der Waals surface area contributed by atoms with Crippen molar-refractivity contribution in [3.05, 3.63) is 48.0 Å². The van der Waals surface area contributed by atoms with E-state index >= 15 is 0 Å². The van der Waals surface area contributed by atoms with Crippen LogP contribution < -0.4 is 24.3 Å². The fourth-order valence-corrected chi connectivity index (χ4v) is 3.12. The number of carbonyl (C=O) groups is 1. The van der Waals surface area contributed by atoms with Crippen LogP contribution >= 0.6 is 11.8 Å². The normalized spacial score (nSPS) is 11.9. The van der Waals surface area contributed by atoms with Crippen LogP contribution in [0, 0.1) is 0 Å². The van der Waals surface area contributed by atoms with E-state index in [0.717, 1.165) is 34.3 Å². The first kappa shape index (κ1) is 19.2. The highest BCUT2D eigenvalue weighted by atomic mass is 32.2. The highest BCUT2D eigenvalue weighted by Crippen LogP contribution is 2.32. The third-order valence-corrected chi connectivity index (χ3v) is 4.71. The predicted octanol–water partition coefficient (Wildman–Crippen LogP) is 3.24. The molecule has 7 heteroatoms. The van der Waals surface area contributed by atoms with E-state index in [-0.39, 0.29) is 12.7 Å². The van der Waals surface area contributed by atoms with Crippen LogP contribution in [0.4, 0.5) is 0 Å². The maximum absolute atomic E-state index is 11.9. The molecule has 1 aliphatic rings. The third kappa shape index (κ3) is 5.99. The largest absolute Gasteiger partial charge is 0.494 e. The minimum Gasteiger partial charge on any atom is -0.494 e. The molecule has 0 bridgehead atoms. The van der Waals surface area contributed by atoms with Gasteiger partial charge in [0.1, 0.15) is 11.5 Å². The summed E-state index contributed by atoms with van der Waals surface area (Å²) in [6.45, 7) is 3.87. The number of rotatable bonds is 10. The van der Waals surface area contributed by atoms with Crippen molar-refractivity contribution in [1.29, 1.82) is 0 Å². The summed E-state index contributed by atoms with van der Waals surface area (Å²) in [5.41, 5.74) is 0.983. The lowest BCUT2D eigenvalue weighted by Crippen LogP contribution is -2.24. The van der Waals surface area contributed by atoms with Gasteiger partial charge in [-0.3, -0.25) is 4.79 Å². The van der Waals surface area contributed by atoms with E-state index in [9.17, 15) is 4.79 Å². The van der Waals surface area contributed by atoms with Crippen LogP contribution in [0.5, 0.6) is 23.0 Å². The number of benzene rings is 2. The van der Waals surface area contributed by atoms with Crippen molar-refractivity contribution < 1.29 is 23.7 Å². The fraction of sp³-hybridized carbons (Fsp3) is 0.350. The van der Waals surface area contributed by atoms with Crippen LogP contribution in [0.15, 0.2) is 42.5 Å². The first-order valence-corrected chi connectivity index (χ1v) is 9.98. The fourth-order valence-electron chi connectivity index (χ4n) is 2.48. The Bertz CT molecular complexity index is 751. The van der Waals surface area contributed by atoms with E-state index < -0.39 is 0 Å². The summed E-state index contributed by atoms with van der Waals surface area (Å²) < 4.78 is 21.7. The Labute approximate surface area is 163 Å². The number of ether oxygens (including phenoxy) is 4. The minimum absolute atomic E-state index is 0.00117. The summed E-state index contributed by atoms with van der Waals surface area (Å²) in [5.74, 6) is 4.24. The number of hydrogen-bond acceptors (Lipinski definition) is 6. The number of thioether (sulfide) groups is 1. The van der Waals surface area contributed by atoms with Gasteiger partial charge in [0, 0.05) is 12.3 Å². The molecular weight excluding hydrogens is 366 g/mol. The molecule has 0 fully saturated rings. The standard InChI is InChI=1S/C20H23NO5S/c1-2-23-16-4-6-17(7-5-16)24-9-10-27-13-20(22)21-12-15-3-8-18-19(11-15)26-14-25-18/h3-8,11H,2,9-10,12-14H2,1H3,(H,21,22). The number of nitrogens with one attached hydrogen (secondary N) is 1. The summed E-state index contributed by atoms with van der Waals surface area (Å²) >= 11 is 1.54. The molecule has 1 N–H and O–H groups in total. The molecule has 0 unspecified atom stereocenters. The quantitative estimate of drug-likeness (QED) is 0.630. The van der Waals surface area contributed by atoms with Gasteiger partial charge in [-0.25, -0.2) is 0 Å². The van der Waals surface area contributed by atoms with E-state index in [1.54, 1.807) is 11.8 Å². The molecule has 1 amide bonds. The summed E-state index contributed by atoms with van der Waals surface area (Å²) in [5, 5.41) is 2.91. The molecule has 0 aromatic heterocycles. The Morgan fingerprint density at radius 3 is 2.59 bits per heavy atom. The molecule has 6 nitrogen and oxygen atoms in total. The van der Waals surface area contributed by atoms with E-state index in [4.69, 9.17) is 18.9 Å². The van der Waals surface area contributed by atoms with Crippen molar-refractivity contribution >= 4 is 17.7 Å². The van der Waals surface area contributed by atoms with Crippen LogP contribution in [0.3, 0.4) is 0 Å². The first-order valence-electron chi connectivity index (χ1n) is 8.83. The molecule has 27 heavy (non-hydrogen) atoms. The van der Waals surface area contributed by atoms with Crippen molar-refractivity contribution in [2.75, 3.05) is 31.5 Å². The lowest BCUT2D eigenvalue weighted by Gasteiger charge is -2.08. The number of fused-ring (bicyclic) bond motifs is 1. The molecule has 0 radical (unpaired) electrons. The van der Waals surface area contributed by atoms with E-state index in [0.29, 0.717) is 25.5 Å². The molecule has 0 saturated heterocycles. The zero-order chi connectivity index (χ0) is 18.9. The van der Waals surface area contributed by atoms with Crippen molar-refractivity contribution in [2.24, 2.45) is 0 Å². The molecule has 0 spiro atoms. The van der Waals surface area contributed by atoms with Crippen LogP contribution in [-0.4, -0.2) is 37.4 Å².